The summed E-state index contributed by atoms with van der Waals surface area (Å²) >= 11 is 6.00. The van der Waals surface area contributed by atoms with E-state index in [4.69, 9.17) is 11.6 Å². The van der Waals surface area contributed by atoms with Gasteiger partial charge in [-0.15, -0.1) is 0 Å². The first-order chi connectivity index (χ1) is 11.5. The van der Waals surface area contributed by atoms with E-state index in [9.17, 15) is 13.2 Å². The van der Waals surface area contributed by atoms with Crippen LogP contribution in [-0.4, -0.2) is 31.7 Å². The first kappa shape index (κ1) is 17.0. The summed E-state index contributed by atoms with van der Waals surface area (Å²) in [4.78, 5) is 12.4. The third-order valence-electron chi connectivity index (χ3n) is 3.88. The van der Waals surface area contributed by atoms with Gasteiger partial charge in [0.25, 0.3) is 0 Å². The van der Waals surface area contributed by atoms with Crippen LogP contribution >= 0.6 is 11.6 Å². The Kier molecular flexibility index (Phi) is 4.89. The molecule has 1 saturated heterocycles. The lowest BCUT2D eigenvalue weighted by atomic mass is 10.0. The molecule has 1 N–H and O–H groups in total. The molecule has 1 aliphatic heterocycles. The van der Waals surface area contributed by atoms with E-state index in [1.165, 1.54) is 4.31 Å². The predicted molar refractivity (Wildman–Crippen MR) is 93.0 cm³/mol. The van der Waals surface area contributed by atoms with Crippen LogP contribution in [-0.2, 0) is 20.6 Å². The van der Waals surface area contributed by atoms with Gasteiger partial charge in [0.15, 0.2) is 0 Å². The average Bonchev–Trinajstić information content (AvgIpc) is 2.55. The molecule has 3 rings (SSSR count). The van der Waals surface area contributed by atoms with Gasteiger partial charge in [-0.3, -0.25) is 4.79 Å². The first-order valence-corrected chi connectivity index (χ1v) is 9.53. The number of benzene rings is 2. The molecule has 1 fully saturated rings. The smallest absolute Gasteiger partial charge is 0.243 e. The highest BCUT2D eigenvalue weighted by Gasteiger charge is 2.38. The van der Waals surface area contributed by atoms with E-state index in [0.29, 0.717) is 22.7 Å². The van der Waals surface area contributed by atoms with Gasteiger partial charge in [0.1, 0.15) is 6.04 Å². The van der Waals surface area contributed by atoms with Gasteiger partial charge >= 0.3 is 0 Å². The van der Waals surface area contributed by atoms with Crippen molar-refractivity contribution in [1.82, 2.24) is 9.62 Å². The van der Waals surface area contributed by atoms with Gasteiger partial charge in [-0.1, -0.05) is 54.1 Å². The maximum absolute atomic E-state index is 12.9. The van der Waals surface area contributed by atoms with E-state index in [1.54, 1.807) is 48.5 Å². The van der Waals surface area contributed by atoms with Crippen LogP contribution in [0.1, 0.15) is 17.2 Å². The number of rotatable bonds is 4. The Hall–Kier alpha value is -1.89. The minimum Gasteiger partial charge on any atom is -0.353 e. The first-order valence-electron chi connectivity index (χ1n) is 7.54. The zero-order valence-electron chi connectivity index (χ0n) is 12.9. The van der Waals surface area contributed by atoms with Crippen molar-refractivity contribution in [3.63, 3.8) is 0 Å². The molecular weight excluding hydrogens is 348 g/mol. The summed E-state index contributed by atoms with van der Waals surface area (Å²) in [7, 11) is -3.65. The van der Waals surface area contributed by atoms with Crippen molar-refractivity contribution in [3.05, 3.63) is 70.7 Å². The fourth-order valence-electron chi connectivity index (χ4n) is 2.81. The second kappa shape index (κ2) is 6.93. The Morgan fingerprint density at radius 2 is 1.88 bits per heavy atom. The number of halogens is 1. The van der Waals surface area contributed by atoms with Crippen LogP contribution in [0.25, 0.3) is 0 Å². The Bertz CT molecular complexity index is 840. The van der Waals surface area contributed by atoms with Gasteiger partial charge in [0, 0.05) is 18.1 Å². The SMILES string of the molecule is O=C1NCCN(S(=O)(=O)Cc2ccccc2)C1c1cccc(Cl)c1. The molecule has 126 valence electrons. The summed E-state index contributed by atoms with van der Waals surface area (Å²) in [5.74, 6) is -0.474. The molecule has 0 saturated carbocycles. The van der Waals surface area contributed by atoms with Crippen molar-refractivity contribution in [2.45, 2.75) is 11.8 Å². The Balaban J connectivity index is 1.95. The number of amides is 1. The van der Waals surface area contributed by atoms with Crippen molar-refractivity contribution in [1.29, 1.82) is 0 Å². The van der Waals surface area contributed by atoms with Gasteiger partial charge in [-0.2, -0.15) is 4.31 Å². The fraction of sp³-hybridized carbons (Fsp3) is 0.235. The van der Waals surface area contributed by atoms with E-state index in [1.807, 2.05) is 6.07 Å². The number of hydrogen-bond acceptors (Lipinski definition) is 3. The highest BCUT2D eigenvalue weighted by atomic mass is 35.5. The number of hydrogen-bond donors (Lipinski definition) is 1. The molecule has 5 nitrogen and oxygen atoms in total. The molecule has 1 unspecified atom stereocenters. The van der Waals surface area contributed by atoms with Crippen molar-refractivity contribution in [2.75, 3.05) is 13.1 Å². The molecule has 1 amide bonds. The lowest BCUT2D eigenvalue weighted by Crippen LogP contribution is -2.52. The molecule has 1 aliphatic rings. The van der Waals surface area contributed by atoms with Gasteiger partial charge in [0.05, 0.1) is 5.75 Å². The van der Waals surface area contributed by atoms with Gasteiger partial charge < -0.3 is 5.32 Å². The second-order valence-electron chi connectivity index (χ2n) is 5.60. The molecule has 1 heterocycles. The zero-order valence-corrected chi connectivity index (χ0v) is 14.4. The maximum atomic E-state index is 12.9. The molecule has 0 bridgehead atoms. The molecule has 24 heavy (non-hydrogen) atoms. The predicted octanol–water partition coefficient (Wildman–Crippen LogP) is 2.34. The molecule has 2 aromatic carbocycles. The number of nitrogens with zero attached hydrogens (tertiary/aromatic N) is 1. The van der Waals surface area contributed by atoms with Crippen molar-refractivity contribution >= 4 is 27.5 Å². The summed E-state index contributed by atoms with van der Waals surface area (Å²) in [6.45, 7) is 0.530. The monoisotopic (exact) mass is 364 g/mol. The van der Waals surface area contributed by atoms with E-state index < -0.39 is 16.1 Å². The van der Waals surface area contributed by atoms with Crippen LogP contribution in [0.5, 0.6) is 0 Å². The van der Waals surface area contributed by atoms with Crippen LogP contribution < -0.4 is 5.32 Å². The molecule has 7 heteroatoms. The molecule has 0 aromatic heterocycles. The molecule has 1 atom stereocenters. The van der Waals surface area contributed by atoms with Crippen molar-refractivity contribution in [2.24, 2.45) is 0 Å². The van der Waals surface area contributed by atoms with E-state index in [-0.39, 0.29) is 18.2 Å². The van der Waals surface area contributed by atoms with Gasteiger partial charge in [-0.05, 0) is 23.3 Å². The average molecular weight is 365 g/mol. The molecule has 0 spiro atoms. The molecular formula is C17H17ClN2O3S. The zero-order chi connectivity index (χ0) is 17.2. The third-order valence-corrected chi connectivity index (χ3v) is 5.92. The second-order valence-corrected chi connectivity index (χ2v) is 7.96. The van der Waals surface area contributed by atoms with Crippen LogP contribution in [0.4, 0.5) is 0 Å². The number of carbonyl (C=O) groups excluding carboxylic acids is 1. The largest absolute Gasteiger partial charge is 0.353 e. The quantitative estimate of drug-likeness (QED) is 0.905. The number of nitrogens with one attached hydrogen (secondary N) is 1. The maximum Gasteiger partial charge on any atom is 0.243 e. The summed E-state index contributed by atoms with van der Waals surface area (Å²) in [5, 5.41) is 3.19. The Labute approximate surface area is 146 Å². The van der Waals surface area contributed by atoms with Crippen LogP contribution in [0.3, 0.4) is 0 Å². The number of sulfonamides is 1. The van der Waals surface area contributed by atoms with Crippen LogP contribution in [0.15, 0.2) is 54.6 Å². The third kappa shape index (κ3) is 3.61. The van der Waals surface area contributed by atoms with Crippen LogP contribution in [0.2, 0.25) is 5.02 Å². The summed E-state index contributed by atoms with van der Waals surface area (Å²) in [5.41, 5.74) is 1.25. The van der Waals surface area contributed by atoms with Gasteiger partial charge in [0.2, 0.25) is 15.9 Å². The Morgan fingerprint density at radius 1 is 1.12 bits per heavy atom. The van der Waals surface area contributed by atoms with E-state index in [0.717, 1.165) is 0 Å². The summed E-state index contributed by atoms with van der Waals surface area (Å²) < 4.78 is 27.0. The van der Waals surface area contributed by atoms with Gasteiger partial charge in [-0.25, -0.2) is 8.42 Å². The standard InChI is InChI=1S/C17H17ClN2O3S/c18-15-8-4-7-14(11-15)16-17(21)19-9-10-20(16)24(22,23)12-13-5-2-1-3-6-13/h1-8,11,16H,9-10,12H2,(H,19,21). The minimum absolute atomic E-state index is 0.141. The molecule has 0 radical (unpaired) electrons. The molecule has 0 aliphatic carbocycles. The summed E-state index contributed by atoms with van der Waals surface area (Å²) in [6.07, 6.45) is 0. The fourth-order valence-corrected chi connectivity index (χ4v) is 4.69. The lowest BCUT2D eigenvalue weighted by molar-refractivity contribution is -0.126. The van der Waals surface area contributed by atoms with E-state index in [2.05, 4.69) is 5.32 Å². The van der Waals surface area contributed by atoms with Crippen molar-refractivity contribution in [3.8, 4) is 0 Å². The normalized spacial score (nSPS) is 19.0. The highest BCUT2D eigenvalue weighted by molar-refractivity contribution is 7.88. The van der Waals surface area contributed by atoms with Crippen LogP contribution in [0, 0.1) is 0 Å². The summed E-state index contributed by atoms with van der Waals surface area (Å²) in [6, 6.07) is 14.8. The highest BCUT2D eigenvalue weighted by Crippen LogP contribution is 2.29. The topological polar surface area (TPSA) is 66.5 Å². The number of piperazine rings is 1. The minimum atomic E-state index is -3.65. The van der Waals surface area contributed by atoms with E-state index >= 15 is 0 Å². The molecule has 2 aromatic rings. The number of carbonyl (C=O) groups is 1. The lowest BCUT2D eigenvalue weighted by Gasteiger charge is -2.34. The Morgan fingerprint density at radius 3 is 2.58 bits per heavy atom. The van der Waals surface area contributed by atoms with Crippen molar-refractivity contribution < 1.29 is 13.2 Å².